The van der Waals surface area contributed by atoms with Crippen molar-refractivity contribution in [3.05, 3.63) is 48.3 Å². The Morgan fingerprint density at radius 2 is 1.76 bits per heavy atom. The Labute approximate surface area is 174 Å². The molecule has 1 saturated heterocycles. The van der Waals surface area contributed by atoms with Crippen LogP contribution >= 0.6 is 11.8 Å². The number of hydrogen-bond acceptors (Lipinski definition) is 5. The van der Waals surface area contributed by atoms with Gasteiger partial charge in [-0.2, -0.15) is 4.31 Å². The largest absolute Gasteiger partial charge is 0.369 e. The number of sulfonamides is 1. The maximum absolute atomic E-state index is 13.1. The van der Waals surface area contributed by atoms with Crippen LogP contribution in [0, 0.1) is 5.82 Å². The van der Waals surface area contributed by atoms with Gasteiger partial charge in [0.25, 0.3) is 0 Å². The smallest absolute Gasteiger partial charge is 0.243 e. The minimum Gasteiger partial charge on any atom is -0.369 e. The fourth-order valence-electron chi connectivity index (χ4n) is 3.58. The van der Waals surface area contributed by atoms with Gasteiger partial charge in [0.15, 0.2) is 0 Å². The number of piperazine rings is 1. The van der Waals surface area contributed by atoms with Crippen molar-refractivity contribution in [3.63, 3.8) is 0 Å². The number of rotatable bonds is 3. The van der Waals surface area contributed by atoms with E-state index < -0.39 is 10.0 Å². The van der Waals surface area contributed by atoms with Gasteiger partial charge in [-0.1, -0.05) is 6.92 Å². The Balaban J connectivity index is 1.51. The van der Waals surface area contributed by atoms with E-state index >= 15 is 0 Å². The Hall–Kier alpha value is -2.10. The van der Waals surface area contributed by atoms with Gasteiger partial charge in [-0.25, -0.2) is 12.8 Å². The number of halogens is 1. The lowest BCUT2D eigenvalue weighted by atomic mass is 10.2. The fourth-order valence-corrected chi connectivity index (χ4v) is 6.08. The number of carbonyl (C=O) groups is 1. The van der Waals surface area contributed by atoms with Gasteiger partial charge in [0.1, 0.15) is 5.82 Å². The maximum atomic E-state index is 13.1. The first-order valence-electron chi connectivity index (χ1n) is 9.44. The molecular weight excluding hydrogens is 413 g/mol. The molecule has 0 aliphatic carbocycles. The predicted octanol–water partition coefficient (Wildman–Crippen LogP) is 3.16. The lowest BCUT2D eigenvalue weighted by molar-refractivity contribution is -0.116. The van der Waals surface area contributed by atoms with Gasteiger partial charge < -0.3 is 10.2 Å². The van der Waals surface area contributed by atoms with Crippen LogP contribution in [-0.2, 0) is 14.8 Å². The van der Waals surface area contributed by atoms with Crippen molar-refractivity contribution < 1.29 is 17.6 Å². The lowest BCUT2D eigenvalue weighted by Gasteiger charge is -2.35. The standard InChI is InChI=1S/C20H22FN3O3S2/c1-14-12-20(25)22-18-13-17(6-7-19(18)28-14)29(26,27)24-10-8-23(9-11-24)16-4-2-15(21)3-5-16/h2-7,13-14H,8-12H2,1H3,(H,22,25)/t14-/m0/s1. The van der Waals surface area contributed by atoms with E-state index in [9.17, 15) is 17.6 Å². The fraction of sp³-hybridized carbons (Fsp3) is 0.350. The zero-order valence-corrected chi connectivity index (χ0v) is 17.6. The highest BCUT2D eigenvalue weighted by molar-refractivity contribution is 8.00. The number of anilines is 2. The summed E-state index contributed by atoms with van der Waals surface area (Å²) in [6.07, 6.45) is 0.396. The molecule has 154 valence electrons. The normalized spacial score (nSPS) is 20.7. The molecule has 1 fully saturated rings. The summed E-state index contributed by atoms with van der Waals surface area (Å²) in [7, 11) is -3.66. The second kappa shape index (κ2) is 7.97. The van der Waals surface area contributed by atoms with E-state index in [2.05, 4.69) is 5.32 Å². The van der Waals surface area contributed by atoms with Crippen molar-refractivity contribution in [1.82, 2.24) is 4.31 Å². The number of hydrogen-bond donors (Lipinski definition) is 1. The highest BCUT2D eigenvalue weighted by atomic mass is 32.2. The molecule has 9 heteroatoms. The van der Waals surface area contributed by atoms with Crippen LogP contribution in [0.25, 0.3) is 0 Å². The first-order chi connectivity index (χ1) is 13.8. The van der Waals surface area contributed by atoms with Crippen molar-refractivity contribution in [2.45, 2.75) is 28.4 Å². The Kier molecular flexibility index (Phi) is 5.54. The molecule has 2 aromatic carbocycles. The van der Waals surface area contributed by atoms with E-state index in [1.807, 2.05) is 11.8 Å². The van der Waals surface area contributed by atoms with Gasteiger partial charge in [0.2, 0.25) is 15.9 Å². The summed E-state index contributed by atoms with van der Waals surface area (Å²) in [4.78, 5) is 15.1. The Morgan fingerprint density at radius 1 is 1.07 bits per heavy atom. The third-order valence-electron chi connectivity index (χ3n) is 5.09. The molecule has 0 aromatic heterocycles. The molecule has 6 nitrogen and oxygen atoms in total. The van der Waals surface area contributed by atoms with E-state index in [0.717, 1.165) is 10.6 Å². The number of amides is 1. The zero-order chi connectivity index (χ0) is 20.6. The molecule has 0 bridgehead atoms. The maximum Gasteiger partial charge on any atom is 0.243 e. The van der Waals surface area contributed by atoms with Crippen LogP contribution in [0.2, 0.25) is 0 Å². The quantitative estimate of drug-likeness (QED) is 0.802. The number of fused-ring (bicyclic) bond motifs is 1. The molecule has 2 heterocycles. The van der Waals surface area contributed by atoms with Crippen LogP contribution in [0.15, 0.2) is 52.3 Å². The summed E-state index contributed by atoms with van der Waals surface area (Å²) in [5.74, 6) is -0.399. The van der Waals surface area contributed by atoms with Crippen LogP contribution in [0.3, 0.4) is 0 Å². The minimum atomic E-state index is -3.66. The molecule has 2 aliphatic rings. The average molecular weight is 436 g/mol. The minimum absolute atomic E-state index is 0.105. The first kappa shape index (κ1) is 20.2. The van der Waals surface area contributed by atoms with E-state index in [1.54, 1.807) is 42.1 Å². The molecule has 1 atom stereocenters. The highest BCUT2D eigenvalue weighted by Crippen LogP contribution is 2.36. The molecule has 0 saturated carbocycles. The van der Waals surface area contributed by atoms with E-state index in [1.165, 1.54) is 16.4 Å². The second-order valence-corrected chi connectivity index (χ2v) is 10.6. The molecule has 0 radical (unpaired) electrons. The molecule has 29 heavy (non-hydrogen) atoms. The van der Waals surface area contributed by atoms with Crippen LogP contribution < -0.4 is 10.2 Å². The van der Waals surface area contributed by atoms with Gasteiger partial charge >= 0.3 is 0 Å². The number of benzene rings is 2. The van der Waals surface area contributed by atoms with Crippen LogP contribution in [-0.4, -0.2) is 50.1 Å². The summed E-state index contributed by atoms with van der Waals surface area (Å²) in [5.41, 5.74) is 1.43. The van der Waals surface area contributed by atoms with Crippen molar-refractivity contribution in [3.8, 4) is 0 Å². The summed E-state index contributed by atoms with van der Waals surface area (Å²) >= 11 is 1.57. The topological polar surface area (TPSA) is 69.7 Å². The Bertz CT molecular complexity index is 1020. The average Bonchev–Trinajstić information content (AvgIpc) is 2.84. The van der Waals surface area contributed by atoms with Gasteiger partial charge in [-0.3, -0.25) is 4.79 Å². The number of nitrogens with one attached hydrogen (secondary N) is 1. The molecule has 1 amide bonds. The molecule has 4 rings (SSSR count). The number of thioether (sulfide) groups is 1. The molecule has 0 unspecified atom stereocenters. The summed E-state index contributed by atoms with van der Waals surface area (Å²) in [6.45, 7) is 3.72. The summed E-state index contributed by atoms with van der Waals surface area (Å²) < 4.78 is 40.8. The van der Waals surface area contributed by atoms with Crippen molar-refractivity contribution in [2.75, 3.05) is 36.4 Å². The van der Waals surface area contributed by atoms with Crippen molar-refractivity contribution in [1.29, 1.82) is 0 Å². The SMILES string of the molecule is C[C@H]1CC(=O)Nc2cc(S(=O)(=O)N3CCN(c4ccc(F)cc4)CC3)ccc2S1. The molecule has 0 spiro atoms. The van der Waals surface area contributed by atoms with E-state index in [-0.39, 0.29) is 21.9 Å². The first-order valence-corrected chi connectivity index (χ1v) is 11.8. The summed E-state index contributed by atoms with van der Waals surface area (Å²) in [6, 6.07) is 11.1. The van der Waals surface area contributed by atoms with Crippen molar-refractivity contribution >= 4 is 39.1 Å². The van der Waals surface area contributed by atoms with Gasteiger partial charge in [0.05, 0.1) is 10.6 Å². The number of carbonyl (C=O) groups excluding carboxylic acids is 1. The van der Waals surface area contributed by atoms with Gasteiger partial charge in [-0.15, -0.1) is 11.8 Å². The zero-order valence-electron chi connectivity index (χ0n) is 16.0. The van der Waals surface area contributed by atoms with Crippen molar-refractivity contribution in [2.24, 2.45) is 0 Å². The van der Waals surface area contributed by atoms with E-state index in [0.29, 0.717) is 38.3 Å². The van der Waals surface area contributed by atoms with E-state index in [4.69, 9.17) is 0 Å². The van der Waals surface area contributed by atoms with Gasteiger partial charge in [0, 0.05) is 48.4 Å². The van der Waals surface area contributed by atoms with Crippen LogP contribution in [0.1, 0.15) is 13.3 Å². The molecular formula is C20H22FN3O3S2. The predicted molar refractivity (Wildman–Crippen MR) is 112 cm³/mol. The molecule has 2 aromatic rings. The number of nitrogens with zero attached hydrogens (tertiary/aromatic N) is 2. The molecule has 2 aliphatic heterocycles. The highest BCUT2D eigenvalue weighted by Gasteiger charge is 2.30. The van der Waals surface area contributed by atoms with Gasteiger partial charge in [-0.05, 0) is 42.5 Å². The van der Waals surface area contributed by atoms with Crippen LogP contribution in [0.4, 0.5) is 15.8 Å². The summed E-state index contributed by atoms with van der Waals surface area (Å²) in [5, 5.41) is 2.96. The Morgan fingerprint density at radius 3 is 2.45 bits per heavy atom. The lowest BCUT2D eigenvalue weighted by Crippen LogP contribution is -2.48. The molecule has 1 N–H and O–H groups in total. The third kappa shape index (κ3) is 4.26. The second-order valence-electron chi connectivity index (χ2n) is 7.21. The monoisotopic (exact) mass is 435 g/mol. The third-order valence-corrected chi connectivity index (χ3v) is 8.17. The van der Waals surface area contributed by atoms with Crippen LogP contribution in [0.5, 0.6) is 0 Å².